The minimum atomic E-state index is -0.724. The molecule has 0 saturated carbocycles. The summed E-state index contributed by atoms with van der Waals surface area (Å²) in [5.74, 6) is -1.45. The third-order valence-electron chi connectivity index (χ3n) is 4.08. The summed E-state index contributed by atoms with van der Waals surface area (Å²) in [4.78, 5) is 1.63. The van der Waals surface area contributed by atoms with E-state index in [4.69, 9.17) is 10.00 Å². The Morgan fingerprint density at radius 3 is 2.58 bits per heavy atom. The van der Waals surface area contributed by atoms with Gasteiger partial charge in [-0.25, -0.2) is 8.78 Å². The molecular formula is C17H18F2N4O. The van der Waals surface area contributed by atoms with Gasteiger partial charge in [-0.15, -0.1) is 0 Å². The lowest BCUT2D eigenvalue weighted by atomic mass is 10.1. The van der Waals surface area contributed by atoms with E-state index < -0.39 is 11.6 Å². The highest BCUT2D eigenvalue weighted by Crippen LogP contribution is 2.27. The number of aromatic nitrogens is 2. The Balaban J connectivity index is 1.79. The van der Waals surface area contributed by atoms with Crippen LogP contribution in [0.4, 0.5) is 14.5 Å². The summed E-state index contributed by atoms with van der Waals surface area (Å²) in [5.41, 5.74) is 1.81. The van der Waals surface area contributed by atoms with E-state index in [0.29, 0.717) is 26.2 Å². The maximum absolute atomic E-state index is 14.2. The molecule has 1 saturated heterocycles. The first kappa shape index (κ1) is 16.4. The molecule has 1 fully saturated rings. The number of nitrogens with zero attached hydrogens (tertiary/aromatic N) is 4. The molecule has 0 radical (unpaired) electrons. The number of benzene rings is 1. The highest BCUT2D eigenvalue weighted by Gasteiger charge is 2.26. The predicted octanol–water partition coefficient (Wildman–Crippen LogP) is 2.56. The Labute approximate surface area is 139 Å². The van der Waals surface area contributed by atoms with Crippen LogP contribution in [0.2, 0.25) is 0 Å². The second-order valence-corrected chi connectivity index (χ2v) is 5.95. The minimum Gasteiger partial charge on any atom is -0.373 e. The van der Waals surface area contributed by atoms with Gasteiger partial charge < -0.3 is 9.64 Å². The number of hydrogen-bond acceptors (Lipinski definition) is 4. The van der Waals surface area contributed by atoms with E-state index in [1.165, 1.54) is 0 Å². The molecular weight excluding hydrogens is 314 g/mol. The smallest absolute Gasteiger partial charge is 0.150 e. The number of morpholine rings is 1. The van der Waals surface area contributed by atoms with Crippen molar-refractivity contribution in [3.63, 3.8) is 0 Å². The molecule has 5 nitrogen and oxygen atoms in total. The van der Waals surface area contributed by atoms with E-state index in [1.807, 2.05) is 24.6 Å². The van der Waals surface area contributed by atoms with Crippen molar-refractivity contribution in [1.29, 1.82) is 5.26 Å². The lowest BCUT2D eigenvalue weighted by Crippen LogP contribution is -2.45. The first-order valence-electron chi connectivity index (χ1n) is 7.74. The standard InChI is InChI=1S/C17H18F2N4O/c1-11-5-12(2)23(21-11)10-14-9-22(3-4-24-14)17-15(18)6-13(8-20)7-16(17)19/h5-7,14H,3-4,9-10H2,1-2H3. The summed E-state index contributed by atoms with van der Waals surface area (Å²) >= 11 is 0. The molecule has 2 heterocycles. The zero-order chi connectivity index (χ0) is 17.3. The van der Waals surface area contributed by atoms with Crippen LogP contribution in [0.15, 0.2) is 18.2 Å². The maximum Gasteiger partial charge on any atom is 0.150 e. The SMILES string of the molecule is Cc1cc(C)n(CC2CN(c3c(F)cc(C#N)cc3F)CCO2)n1. The van der Waals surface area contributed by atoms with Gasteiger partial charge in [0.15, 0.2) is 11.6 Å². The zero-order valence-corrected chi connectivity index (χ0v) is 13.6. The molecule has 0 N–H and O–H groups in total. The second-order valence-electron chi connectivity index (χ2n) is 5.95. The molecule has 1 aliphatic heterocycles. The lowest BCUT2D eigenvalue weighted by molar-refractivity contribution is 0.0266. The molecule has 1 atom stereocenters. The normalized spacial score (nSPS) is 17.8. The summed E-state index contributed by atoms with van der Waals surface area (Å²) in [5, 5.41) is 13.2. The van der Waals surface area contributed by atoms with Crippen molar-refractivity contribution >= 4 is 5.69 Å². The predicted molar refractivity (Wildman–Crippen MR) is 84.7 cm³/mol. The van der Waals surface area contributed by atoms with Crippen molar-refractivity contribution < 1.29 is 13.5 Å². The second kappa shape index (κ2) is 6.57. The van der Waals surface area contributed by atoms with E-state index in [1.54, 1.807) is 11.0 Å². The number of ether oxygens (including phenoxy) is 1. The first-order valence-corrected chi connectivity index (χ1v) is 7.74. The van der Waals surface area contributed by atoms with Gasteiger partial charge in [0.25, 0.3) is 0 Å². The van der Waals surface area contributed by atoms with Gasteiger partial charge in [0.2, 0.25) is 0 Å². The van der Waals surface area contributed by atoms with Gasteiger partial charge in [0, 0.05) is 18.8 Å². The van der Waals surface area contributed by atoms with E-state index in [2.05, 4.69) is 5.10 Å². The van der Waals surface area contributed by atoms with Crippen LogP contribution < -0.4 is 4.90 Å². The Kier molecular flexibility index (Phi) is 4.49. The highest BCUT2D eigenvalue weighted by atomic mass is 19.1. The summed E-state index contributed by atoms with van der Waals surface area (Å²) < 4.78 is 36.0. The summed E-state index contributed by atoms with van der Waals surface area (Å²) in [6, 6.07) is 5.85. The maximum atomic E-state index is 14.2. The average molecular weight is 332 g/mol. The molecule has 1 aliphatic rings. The van der Waals surface area contributed by atoms with E-state index in [9.17, 15) is 8.78 Å². The number of hydrogen-bond donors (Lipinski definition) is 0. The van der Waals surface area contributed by atoms with Gasteiger partial charge >= 0.3 is 0 Å². The van der Waals surface area contributed by atoms with Crippen molar-refractivity contribution in [3.8, 4) is 6.07 Å². The highest BCUT2D eigenvalue weighted by molar-refractivity contribution is 5.53. The summed E-state index contributed by atoms with van der Waals surface area (Å²) in [6.45, 7) is 5.53. The first-order chi connectivity index (χ1) is 11.5. The van der Waals surface area contributed by atoms with E-state index in [-0.39, 0.29) is 17.4 Å². The molecule has 0 aliphatic carbocycles. The molecule has 7 heteroatoms. The fraction of sp³-hybridized carbons (Fsp3) is 0.412. The van der Waals surface area contributed by atoms with Crippen LogP contribution in [-0.4, -0.2) is 35.6 Å². The topological polar surface area (TPSA) is 54.1 Å². The Bertz CT molecular complexity index is 773. The monoisotopic (exact) mass is 332 g/mol. The fourth-order valence-electron chi connectivity index (χ4n) is 3.02. The van der Waals surface area contributed by atoms with E-state index in [0.717, 1.165) is 23.5 Å². The number of aryl methyl sites for hydroxylation is 2. The number of rotatable bonds is 3. The van der Waals surface area contributed by atoms with Crippen molar-refractivity contribution in [3.05, 3.63) is 46.8 Å². The molecule has 0 spiro atoms. The van der Waals surface area contributed by atoms with Crippen LogP contribution in [0.3, 0.4) is 0 Å². The number of nitriles is 1. The molecule has 3 rings (SSSR count). The third kappa shape index (κ3) is 3.24. The minimum absolute atomic E-state index is 0.0267. The van der Waals surface area contributed by atoms with Crippen LogP contribution >= 0.6 is 0 Å². The number of halogens is 2. The van der Waals surface area contributed by atoms with Gasteiger partial charge in [-0.1, -0.05) is 0 Å². The molecule has 0 bridgehead atoms. The van der Waals surface area contributed by atoms with Crippen LogP contribution in [0.5, 0.6) is 0 Å². The van der Waals surface area contributed by atoms with Crippen LogP contribution in [0.1, 0.15) is 17.0 Å². The average Bonchev–Trinajstić information content (AvgIpc) is 2.84. The van der Waals surface area contributed by atoms with Gasteiger partial charge in [-0.05, 0) is 32.0 Å². The van der Waals surface area contributed by atoms with Crippen molar-refractivity contribution in [2.45, 2.75) is 26.5 Å². The molecule has 0 amide bonds. The number of anilines is 1. The molecule has 24 heavy (non-hydrogen) atoms. The Morgan fingerprint density at radius 2 is 2.00 bits per heavy atom. The van der Waals surface area contributed by atoms with Crippen molar-refractivity contribution in [2.24, 2.45) is 0 Å². The van der Waals surface area contributed by atoms with Gasteiger partial charge in [-0.2, -0.15) is 10.4 Å². The van der Waals surface area contributed by atoms with Crippen LogP contribution in [-0.2, 0) is 11.3 Å². The molecule has 1 aromatic heterocycles. The largest absolute Gasteiger partial charge is 0.373 e. The molecule has 126 valence electrons. The van der Waals surface area contributed by atoms with Gasteiger partial charge in [-0.3, -0.25) is 4.68 Å². The van der Waals surface area contributed by atoms with Crippen molar-refractivity contribution in [1.82, 2.24) is 9.78 Å². The summed E-state index contributed by atoms with van der Waals surface area (Å²) in [7, 11) is 0. The molecule has 1 aromatic carbocycles. The van der Waals surface area contributed by atoms with Gasteiger partial charge in [0.05, 0.1) is 36.6 Å². The van der Waals surface area contributed by atoms with E-state index >= 15 is 0 Å². The molecule has 2 aromatic rings. The Hall–Kier alpha value is -2.46. The quantitative estimate of drug-likeness (QED) is 0.867. The lowest BCUT2D eigenvalue weighted by Gasteiger charge is -2.35. The summed E-state index contributed by atoms with van der Waals surface area (Å²) in [6.07, 6.45) is -0.216. The van der Waals surface area contributed by atoms with Crippen molar-refractivity contribution in [2.75, 3.05) is 24.6 Å². The molecule has 1 unspecified atom stereocenters. The van der Waals surface area contributed by atoms with Gasteiger partial charge in [0.1, 0.15) is 5.69 Å². The van der Waals surface area contributed by atoms with Crippen LogP contribution in [0.25, 0.3) is 0 Å². The Morgan fingerprint density at radius 1 is 1.29 bits per heavy atom. The zero-order valence-electron chi connectivity index (χ0n) is 13.6. The third-order valence-corrected chi connectivity index (χ3v) is 4.08. The fourth-order valence-corrected chi connectivity index (χ4v) is 3.02. The van der Waals surface area contributed by atoms with Crippen LogP contribution in [0, 0.1) is 36.8 Å².